The molecule has 0 radical (unpaired) electrons. The molecule has 31 heavy (non-hydrogen) atoms. The number of rotatable bonds is 7. The van der Waals surface area contributed by atoms with Gasteiger partial charge in [-0.3, -0.25) is 4.79 Å². The van der Waals surface area contributed by atoms with Crippen LogP contribution in [0.3, 0.4) is 0 Å². The molecule has 0 saturated carbocycles. The Kier molecular flexibility index (Phi) is 6.78. The van der Waals surface area contributed by atoms with E-state index in [-0.39, 0.29) is 18.1 Å². The number of hydrogen-bond donors (Lipinski definition) is 3. The molecule has 2 atom stereocenters. The number of nitrogens with zero attached hydrogens (tertiary/aromatic N) is 2. The molecule has 8 nitrogen and oxygen atoms in total. The maximum absolute atomic E-state index is 12.5. The van der Waals surface area contributed by atoms with E-state index in [4.69, 9.17) is 21.9 Å². The van der Waals surface area contributed by atoms with Crippen molar-refractivity contribution in [3.05, 3.63) is 65.0 Å². The molecule has 0 fully saturated rings. The van der Waals surface area contributed by atoms with Gasteiger partial charge < -0.3 is 25.4 Å². The zero-order valence-electron chi connectivity index (χ0n) is 15.6. The van der Waals surface area contributed by atoms with E-state index in [0.29, 0.717) is 16.1 Å². The highest BCUT2D eigenvalue weighted by Gasteiger charge is 2.31. The van der Waals surface area contributed by atoms with Gasteiger partial charge in [0.25, 0.3) is 5.91 Å². The van der Waals surface area contributed by atoms with Crippen molar-refractivity contribution in [3.8, 4) is 17.1 Å². The van der Waals surface area contributed by atoms with Gasteiger partial charge in [0, 0.05) is 22.6 Å². The van der Waals surface area contributed by atoms with Gasteiger partial charge in [-0.2, -0.15) is 4.98 Å². The molecule has 1 unspecified atom stereocenters. The van der Waals surface area contributed by atoms with Gasteiger partial charge in [0.1, 0.15) is 18.0 Å². The Morgan fingerprint density at radius 1 is 1.19 bits per heavy atom. The Morgan fingerprint density at radius 3 is 2.42 bits per heavy atom. The van der Waals surface area contributed by atoms with Gasteiger partial charge in [-0.25, -0.2) is 0 Å². The predicted molar refractivity (Wildman–Crippen MR) is 103 cm³/mol. The number of aromatic nitrogens is 2. The smallest absolute Gasteiger partial charge is 0.406 e. The number of halogens is 4. The Bertz CT molecular complexity index is 1020. The predicted octanol–water partition coefficient (Wildman–Crippen LogP) is 3.43. The zero-order chi connectivity index (χ0) is 22.6. The van der Waals surface area contributed by atoms with E-state index in [9.17, 15) is 23.1 Å². The quantitative estimate of drug-likeness (QED) is 0.465. The molecular formula is C19H16ClF3N4O4. The first-order valence-corrected chi connectivity index (χ1v) is 9.18. The van der Waals surface area contributed by atoms with Crippen molar-refractivity contribution in [2.24, 2.45) is 5.73 Å². The number of benzene rings is 2. The molecule has 2 aromatic carbocycles. The van der Waals surface area contributed by atoms with E-state index < -0.39 is 30.3 Å². The van der Waals surface area contributed by atoms with E-state index in [0.717, 1.165) is 12.1 Å². The second kappa shape index (κ2) is 9.33. The SMILES string of the molecule is NC(O)C[C@H](NC(=O)c1ccc(Cl)cc1)c1nc(-c2ccc(OC(F)(F)F)cc2)no1. The Morgan fingerprint density at radius 2 is 1.84 bits per heavy atom. The Labute approximate surface area is 178 Å². The average molecular weight is 457 g/mol. The summed E-state index contributed by atoms with van der Waals surface area (Å²) in [5.74, 6) is -0.877. The second-order valence-corrected chi connectivity index (χ2v) is 6.80. The number of carbonyl (C=O) groups is 1. The van der Waals surface area contributed by atoms with Gasteiger partial charge in [0.15, 0.2) is 0 Å². The van der Waals surface area contributed by atoms with E-state index in [1.165, 1.54) is 24.3 Å². The number of carbonyl (C=O) groups excluding carboxylic acids is 1. The molecule has 0 spiro atoms. The fraction of sp³-hybridized carbons (Fsp3) is 0.211. The van der Waals surface area contributed by atoms with Gasteiger partial charge in [-0.05, 0) is 48.5 Å². The van der Waals surface area contributed by atoms with Crippen LogP contribution >= 0.6 is 11.6 Å². The van der Waals surface area contributed by atoms with E-state index in [1.54, 1.807) is 12.1 Å². The number of hydrogen-bond acceptors (Lipinski definition) is 7. The minimum atomic E-state index is -4.81. The van der Waals surface area contributed by atoms with Crippen LogP contribution in [0.15, 0.2) is 53.1 Å². The second-order valence-electron chi connectivity index (χ2n) is 6.36. The van der Waals surface area contributed by atoms with Gasteiger partial charge in [-0.15, -0.1) is 13.2 Å². The van der Waals surface area contributed by atoms with Crippen LogP contribution in [0.25, 0.3) is 11.4 Å². The Hall–Kier alpha value is -3.15. The summed E-state index contributed by atoms with van der Waals surface area (Å²) in [4.78, 5) is 16.6. The molecule has 0 aliphatic rings. The van der Waals surface area contributed by atoms with Crippen molar-refractivity contribution >= 4 is 17.5 Å². The standard InChI is InChI=1S/C19H16ClF3N4O4/c20-12-5-1-11(2-6-12)17(29)25-14(9-15(24)28)18-26-16(27-31-18)10-3-7-13(8-4-10)30-19(21,22)23/h1-8,14-15,28H,9,24H2,(H,25,29)/t14-,15?/m0/s1. The number of nitrogens with one attached hydrogen (secondary N) is 1. The maximum atomic E-state index is 12.5. The third kappa shape index (κ3) is 6.41. The Balaban J connectivity index is 1.77. The number of nitrogens with two attached hydrogens (primary N) is 1. The molecule has 164 valence electrons. The summed E-state index contributed by atoms with van der Waals surface area (Å²) in [5.41, 5.74) is 6.10. The highest BCUT2D eigenvalue weighted by Crippen LogP contribution is 2.26. The molecule has 1 amide bonds. The number of ether oxygens (including phenoxy) is 1. The highest BCUT2D eigenvalue weighted by molar-refractivity contribution is 6.30. The van der Waals surface area contributed by atoms with Gasteiger partial charge in [0.05, 0.1) is 0 Å². The minimum Gasteiger partial charge on any atom is -0.406 e. The lowest BCUT2D eigenvalue weighted by Crippen LogP contribution is -2.33. The van der Waals surface area contributed by atoms with Crippen molar-refractivity contribution in [1.29, 1.82) is 0 Å². The molecule has 0 aliphatic heterocycles. The summed E-state index contributed by atoms with van der Waals surface area (Å²) in [6, 6.07) is 10.0. The van der Waals surface area contributed by atoms with Crippen LogP contribution in [-0.2, 0) is 0 Å². The fourth-order valence-electron chi connectivity index (χ4n) is 2.61. The molecule has 3 rings (SSSR count). The summed E-state index contributed by atoms with van der Waals surface area (Å²) in [5, 5.41) is 16.4. The van der Waals surface area contributed by atoms with Gasteiger partial charge in [-0.1, -0.05) is 16.8 Å². The van der Waals surface area contributed by atoms with Crippen molar-refractivity contribution in [2.45, 2.75) is 25.1 Å². The van der Waals surface area contributed by atoms with E-state index >= 15 is 0 Å². The van der Waals surface area contributed by atoms with Crippen molar-refractivity contribution in [2.75, 3.05) is 0 Å². The largest absolute Gasteiger partial charge is 0.573 e. The summed E-state index contributed by atoms with van der Waals surface area (Å²) in [6.07, 6.45) is -6.22. The van der Waals surface area contributed by atoms with Crippen LogP contribution in [0.4, 0.5) is 13.2 Å². The third-order valence-corrected chi connectivity index (χ3v) is 4.23. The van der Waals surface area contributed by atoms with Crippen LogP contribution in [0.1, 0.15) is 28.7 Å². The summed E-state index contributed by atoms with van der Waals surface area (Å²) < 4.78 is 45.8. The number of alkyl halides is 3. The fourth-order valence-corrected chi connectivity index (χ4v) is 2.73. The molecule has 0 aliphatic carbocycles. The highest BCUT2D eigenvalue weighted by atomic mass is 35.5. The summed E-state index contributed by atoms with van der Waals surface area (Å²) in [6.45, 7) is 0. The van der Waals surface area contributed by atoms with Gasteiger partial charge in [0.2, 0.25) is 11.7 Å². The van der Waals surface area contributed by atoms with Crippen LogP contribution < -0.4 is 15.8 Å². The van der Waals surface area contributed by atoms with Crippen LogP contribution in [0.5, 0.6) is 5.75 Å². The number of amides is 1. The monoisotopic (exact) mass is 456 g/mol. The first-order valence-electron chi connectivity index (χ1n) is 8.80. The van der Waals surface area contributed by atoms with Gasteiger partial charge >= 0.3 is 6.36 Å². The molecule has 0 bridgehead atoms. The molecule has 4 N–H and O–H groups in total. The van der Waals surface area contributed by atoms with Crippen LogP contribution in [-0.4, -0.2) is 33.7 Å². The molecule has 3 aromatic rings. The number of aliphatic hydroxyl groups is 1. The number of aliphatic hydroxyl groups excluding tert-OH is 1. The normalized spacial score (nSPS) is 13.5. The lowest BCUT2D eigenvalue weighted by molar-refractivity contribution is -0.274. The average Bonchev–Trinajstić information content (AvgIpc) is 3.17. The minimum absolute atomic E-state index is 0.0440. The molecule has 1 heterocycles. The topological polar surface area (TPSA) is 124 Å². The van der Waals surface area contributed by atoms with Crippen molar-refractivity contribution in [1.82, 2.24) is 15.5 Å². The van der Waals surface area contributed by atoms with E-state index in [1.807, 2.05) is 0 Å². The zero-order valence-corrected chi connectivity index (χ0v) is 16.4. The van der Waals surface area contributed by atoms with Crippen LogP contribution in [0, 0.1) is 0 Å². The lowest BCUT2D eigenvalue weighted by Gasteiger charge is -2.16. The maximum Gasteiger partial charge on any atom is 0.573 e. The molecule has 12 heteroatoms. The molecule has 1 aromatic heterocycles. The first-order chi connectivity index (χ1) is 14.6. The lowest BCUT2D eigenvalue weighted by atomic mass is 10.1. The summed E-state index contributed by atoms with van der Waals surface area (Å²) in [7, 11) is 0. The first kappa shape index (κ1) is 22.5. The van der Waals surface area contributed by atoms with E-state index in [2.05, 4.69) is 20.2 Å². The summed E-state index contributed by atoms with van der Waals surface area (Å²) >= 11 is 5.81. The molecule has 0 saturated heterocycles. The molecular weight excluding hydrogens is 441 g/mol. The van der Waals surface area contributed by atoms with Crippen molar-refractivity contribution < 1.29 is 32.3 Å². The van der Waals surface area contributed by atoms with Crippen LogP contribution in [0.2, 0.25) is 5.02 Å². The third-order valence-electron chi connectivity index (χ3n) is 3.97. The van der Waals surface area contributed by atoms with Crippen molar-refractivity contribution in [3.63, 3.8) is 0 Å².